The van der Waals surface area contributed by atoms with Crippen molar-refractivity contribution in [3.8, 4) is 5.75 Å². The lowest BCUT2D eigenvalue weighted by Gasteiger charge is -2.28. The van der Waals surface area contributed by atoms with Crippen LogP contribution in [0.4, 0.5) is 0 Å². The molecule has 1 atom stereocenters. The minimum absolute atomic E-state index is 0.0555. The Morgan fingerprint density at radius 3 is 3.04 bits per heavy atom. The van der Waals surface area contributed by atoms with Crippen LogP contribution in [-0.2, 0) is 22.5 Å². The number of carbonyl (C=O) groups is 2. The molecule has 0 aliphatic carbocycles. The van der Waals surface area contributed by atoms with Gasteiger partial charge in [-0.2, -0.15) is 0 Å². The maximum Gasteiger partial charge on any atom is 0.526 e. The topological polar surface area (TPSA) is 90.7 Å². The lowest BCUT2D eigenvalue weighted by atomic mass is 9.64. The molecule has 1 aromatic heterocycles. The summed E-state index contributed by atoms with van der Waals surface area (Å²) in [5.74, 6) is -0.375. The molecular formula is C20H25BN2O5. The van der Waals surface area contributed by atoms with Crippen molar-refractivity contribution in [2.75, 3.05) is 6.61 Å². The molecule has 2 heterocycles. The second-order valence-corrected chi connectivity index (χ2v) is 7.05. The Kier molecular flexibility index (Phi) is 6.87. The quantitative estimate of drug-likeness (QED) is 0.406. The van der Waals surface area contributed by atoms with E-state index in [9.17, 15) is 14.6 Å². The molecule has 3 rings (SSSR count). The number of Topliss-reactive ketones (excluding diaryl/α,β-unsaturated/α-hetero) is 1. The number of carbonyl (C=O) groups excluding carboxylic acids is 2. The molecule has 0 fully saturated rings. The number of para-hydroxylation sites is 1. The van der Waals surface area contributed by atoms with Crippen molar-refractivity contribution in [3.05, 3.63) is 48.0 Å². The van der Waals surface area contributed by atoms with Crippen molar-refractivity contribution < 1.29 is 24.0 Å². The van der Waals surface area contributed by atoms with Crippen LogP contribution >= 0.6 is 0 Å². The first-order valence-corrected chi connectivity index (χ1v) is 9.69. The molecule has 1 aliphatic rings. The van der Waals surface area contributed by atoms with Crippen molar-refractivity contribution >= 4 is 18.9 Å². The molecule has 7 nitrogen and oxygen atoms in total. The number of esters is 1. The Bertz CT molecular complexity index is 809. The van der Waals surface area contributed by atoms with Crippen molar-refractivity contribution in [1.29, 1.82) is 0 Å². The third-order valence-corrected chi connectivity index (χ3v) is 4.87. The summed E-state index contributed by atoms with van der Waals surface area (Å²) in [6, 6.07) is 5.26. The molecule has 1 N–H and O–H groups in total. The monoisotopic (exact) mass is 384 g/mol. The molecule has 1 aliphatic heterocycles. The number of nitrogens with zero attached hydrogens (tertiary/aromatic N) is 2. The predicted molar refractivity (Wildman–Crippen MR) is 104 cm³/mol. The van der Waals surface area contributed by atoms with Gasteiger partial charge in [-0.3, -0.25) is 4.79 Å². The highest BCUT2D eigenvalue weighted by Crippen LogP contribution is 2.36. The van der Waals surface area contributed by atoms with Crippen LogP contribution in [0.2, 0.25) is 5.82 Å². The third kappa shape index (κ3) is 5.01. The molecule has 0 saturated carbocycles. The van der Waals surface area contributed by atoms with Crippen molar-refractivity contribution in [2.45, 2.75) is 51.4 Å². The minimum atomic E-state index is -1.13. The zero-order chi connectivity index (χ0) is 19.9. The van der Waals surface area contributed by atoms with Crippen LogP contribution in [0, 0.1) is 0 Å². The number of ketones is 1. The van der Waals surface area contributed by atoms with Crippen molar-refractivity contribution in [1.82, 2.24) is 9.55 Å². The standard InChI is InChI=1S/C20H25BN2O5/c1-2-3-11-27-20(25)18-6-4-5-15-12-16(21(26)28-19(15)18)13-17(24)7-9-23-10-8-22-14-23/h4-6,8,10,14,16,26H,2-3,7,9,11-13H2,1H3/t16-/m1/s1. The molecule has 148 valence electrons. The van der Waals surface area contributed by atoms with Crippen LogP contribution in [0.15, 0.2) is 36.9 Å². The van der Waals surface area contributed by atoms with Gasteiger partial charge < -0.3 is 19.0 Å². The molecular weight excluding hydrogens is 359 g/mol. The molecule has 0 bridgehead atoms. The number of aryl methyl sites for hydroxylation is 1. The zero-order valence-corrected chi connectivity index (χ0v) is 16.0. The van der Waals surface area contributed by atoms with Gasteiger partial charge in [-0.25, -0.2) is 9.78 Å². The van der Waals surface area contributed by atoms with E-state index >= 15 is 0 Å². The molecule has 0 amide bonds. The minimum Gasteiger partial charge on any atom is -0.535 e. The zero-order valence-electron chi connectivity index (χ0n) is 16.0. The van der Waals surface area contributed by atoms with Gasteiger partial charge in [0.2, 0.25) is 0 Å². The van der Waals surface area contributed by atoms with Crippen LogP contribution < -0.4 is 4.65 Å². The van der Waals surface area contributed by atoms with Crippen LogP contribution in [-0.4, -0.2) is 40.1 Å². The summed E-state index contributed by atoms with van der Waals surface area (Å²) in [5, 5.41) is 10.4. The maximum atomic E-state index is 12.3. The highest BCUT2D eigenvalue weighted by atomic mass is 16.5. The molecule has 0 unspecified atom stereocenters. The van der Waals surface area contributed by atoms with Gasteiger partial charge in [0.1, 0.15) is 17.1 Å². The molecule has 0 spiro atoms. The number of rotatable bonds is 9. The van der Waals surface area contributed by atoms with Gasteiger partial charge in [0.15, 0.2) is 0 Å². The van der Waals surface area contributed by atoms with Crippen molar-refractivity contribution in [2.24, 2.45) is 0 Å². The third-order valence-electron chi connectivity index (χ3n) is 4.87. The number of benzene rings is 1. The Morgan fingerprint density at radius 2 is 2.29 bits per heavy atom. The van der Waals surface area contributed by atoms with E-state index in [0.29, 0.717) is 37.3 Å². The molecule has 2 aromatic rings. The van der Waals surface area contributed by atoms with E-state index in [1.165, 1.54) is 0 Å². The summed E-state index contributed by atoms with van der Waals surface area (Å²) in [6.45, 7) is 2.94. The predicted octanol–water partition coefficient (Wildman–Crippen LogP) is 2.68. The van der Waals surface area contributed by atoms with Gasteiger partial charge in [0.25, 0.3) is 0 Å². The largest absolute Gasteiger partial charge is 0.535 e. The number of unbranched alkanes of at least 4 members (excludes halogenated alkanes) is 1. The second-order valence-electron chi connectivity index (χ2n) is 7.05. The second kappa shape index (κ2) is 9.55. The highest BCUT2D eigenvalue weighted by molar-refractivity contribution is 6.47. The van der Waals surface area contributed by atoms with Gasteiger partial charge >= 0.3 is 13.1 Å². The summed E-state index contributed by atoms with van der Waals surface area (Å²) in [6.07, 6.45) is 7.96. The first-order valence-electron chi connectivity index (χ1n) is 9.69. The first-order chi connectivity index (χ1) is 13.6. The Hall–Kier alpha value is -2.61. The molecule has 8 heteroatoms. The summed E-state index contributed by atoms with van der Waals surface area (Å²) in [4.78, 5) is 28.6. The average Bonchev–Trinajstić information content (AvgIpc) is 3.20. The van der Waals surface area contributed by atoms with Gasteiger partial charge in [-0.15, -0.1) is 0 Å². The van der Waals surface area contributed by atoms with Gasteiger partial charge in [0, 0.05) is 37.6 Å². The normalized spacial score (nSPS) is 15.6. The van der Waals surface area contributed by atoms with Crippen LogP contribution in [0.25, 0.3) is 0 Å². The number of hydrogen-bond acceptors (Lipinski definition) is 6. The Labute approximate surface area is 164 Å². The van der Waals surface area contributed by atoms with Crippen LogP contribution in [0.3, 0.4) is 0 Å². The first kappa shape index (κ1) is 20.1. The van der Waals surface area contributed by atoms with E-state index in [1.54, 1.807) is 24.7 Å². The summed E-state index contributed by atoms with van der Waals surface area (Å²) < 4.78 is 12.8. The Morgan fingerprint density at radius 1 is 1.43 bits per heavy atom. The Balaban J connectivity index is 1.61. The van der Waals surface area contributed by atoms with E-state index < -0.39 is 13.1 Å². The van der Waals surface area contributed by atoms with E-state index in [2.05, 4.69) is 4.98 Å². The van der Waals surface area contributed by atoms with Crippen LogP contribution in [0.5, 0.6) is 5.75 Å². The van der Waals surface area contributed by atoms with E-state index in [-0.39, 0.29) is 18.0 Å². The number of hydrogen-bond donors (Lipinski definition) is 1. The summed E-state index contributed by atoms with van der Waals surface area (Å²) in [5.41, 5.74) is 1.13. The van der Waals surface area contributed by atoms with Gasteiger partial charge in [0.05, 0.1) is 12.9 Å². The molecule has 1 aromatic carbocycles. The lowest BCUT2D eigenvalue weighted by molar-refractivity contribution is -0.119. The summed E-state index contributed by atoms with van der Waals surface area (Å²) in [7, 11) is -1.13. The fraction of sp³-hybridized carbons (Fsp3) is 0.450. The fourth-order valence-electron chi connectivity index (χ4n) is 3.27. The number of imidazole rings is 1. The molecule has 0 radical (unpaired) electrons. The fourth-order valence-corrected chi connectivity index (χ4v) is 3.27. The number of fused-ring (bicyclic) bond motifs is 1. The van der Waals surface area contributed by atoms with Gasteiger partial charge in [-0.05, 0) is 24.5 Å². The van der Waals surface area contributed by atoms with E-state index in [4.69, 9.17) is 9.39 Å². The lowest BCUT2D eigenvalue weighted by Crippen LogP contribution is -2.36. The molecule has 0 saturated heterocycles. The van der Waals surface area contributed by atoms with E-state index in [0.717, 1.165) is 18.4 Å². The highest BCUT2D eigenvalue weighted by Gasteiger charge is 2.37. The number of aromatic nitrogens is 2. The van der Waals surface area contributed by atoms with Gasteiger partial charge in [-0.1, -0.05) is 25.5 Å². The average molecular weight is 384 g/mol. The maximum absolute atomic E-state index is 12.3. The van der Waals surface area contributed by atoms with E-state index in [1.807, 2.05) is 23.8 Å². The van der Waals surface area contributed by atoms with Crippen molar-refractivity contribution in [3.63, 3.8) is 0 Å². The smallest absolute Gasteiger partial charge is 0.526 e. The summed E-state index contributed by atoms with van der Waals surface area (Å²) >= 11 is 0. The van der Waals surface area contributed by atoms with Crippen LogP contribution in [0.1, 0.15) is 48.5 Å². The number of ether oxygens (including phenoxy) is 1. The SMILES string of the molecule is CCCCOC(=O)c1cccc2c1OB(O)[C@@H](CC(=O)CCn1ccnc1)C2. The molecule has 28 heavy (non-hydrogen) atoms.